The topological polar surface area (TPSA) is 89.7 Å². The fourth-order valence-electron chi connectivity index (χ4n) is 4.77. The number of imide groups is 1. The minimum Gasteiger partial charge on any atom is -0.443 e. The minimum atomic E-state index is -0.978. The van der Waals surface area contributed by atoms with Crippen molar-refractivity contribution in [3.63, 3.8) is 0 Å². The summed E-state index contributed by atoms with van der Waals surface area (Å²) in [5.41, 5.74) is -0.0770. The van der Waals surface area contributed by atoms with Gasteiger partial charge in [0.1, 0.15) is 23.4 Å². The molecule has 2 amide bonds. The van der Waals surface area contributed by atoms with Crippen LogP contribution in [0.1, 0.15) is 47.0 Å². The lowest BCUT2D eigenvalue weighted by Gasteiger charge is -2.50. The van der Waals surface area contributed by atoms with E-state index in [1.54, 1.807) is 7.11 Å². The Morgan fingerprint density at radius 1 is 1.33 bits per heavy atom. The second-order valence-corrected chi connectivity index (χ2v) is 8.60. The molecule has 7 nitrogen and oxygen atoms in total. The van der Waals surface area contributed by atoms with Gasteiger partial charge in [-0.2, -0.15) is 0 Å². The molecule has 3 aliphatic rings. The summed E-state index contributed by atoms with van der Waals surface area (Å²) in [6.45, 7) is 8.93. The number of allylic oxidation sites excluding steroid dienone is 1. The molecule has 27 heavy (non-hydrogen) atoms. The standard InChI is InChI=1S/C19H28ClNO6/c1-11(2)6-7-13-18(4,27-13)17(3)14(24-5)12(8-9-19(17)10-25-19)26-16(23)21-15(20)22/h6,12-14H,7-10H2,1-5H3,(H,21,22,23)/t12-,13-,14-,17-,18+,19?/m1/s1. The predicted octanol–water partition coefficient (Wildman–Crippen LogP) is 3.54. The fraction of sp³-hybridized carbons (Fsp3) is 0.789. The number of hydrogen-bond donors (Lipinski definition) is 1. The third-order valence-electron chi connectivity index (χ3n) is 6.61. The third-order valence-corrected chi connectivity index (χ3v) is 6.70. The average Bonchev–Trinajstić information content (AvgIpc) is 3.46. The van der Waals surface area contributed by atoms with Crippen LogP contribution in [0.5, 0.6) is 0 Å². The molecule has 152 valence electrons. The molecule has 8 heteroatoms. The minimum absolute atomic E-state index is 0.0492. The fourth-order valence-corrected chi connectivity index (χ4v) is 4.85. The van der Waals surface area contributed by atoms with E-state index in [1.165, 1.54) is 5.57 Å². The number of hydrogen-bond acceptors (Lipinski definition) is 6. The Labute approximate surface area is 164 Å². The Bertz CT molecular complexity index is 659. The normalized spacial score (nSPS) is 42.4. The maximum atomic E-state index is 11.9. The summed E-state index contributed by atoms with van der Waals surface area (Å²) in [6, 6.07) is 0. The number of alkyl carbamates (subject to hydrolysis) is 1. The summed E-state index contributed by atoms with van der Waals surface area (Å²) in [7, 11) is 1.60. The van der Waals surface area contributed by atoms with Gasteiger partial charge >= 0.3 is 11.5 Å². The van der Waals surface area contributed by atoms with Crippen LogP contribution in [0, 0.1) is 5.41 Å². The van der Waals surface area contributed by atoms with Gasteiger partial charge in [-0.05, 0) is 51.6 Å². The molecule has 1 unspecified atom stereocenters. The molecule has 3 rings (SSSR count). The zero-order valence-electron chi connectivity index (χ0n) is 16.5. The van der Waals surface area contributed by atoms with Gasteiger partial charge < -0.3 is 18.9 Å². The molecule has 0 aromatic carbocycles. The van der Waals surface area contributed by atoms with Crippen LogP contribution in [0.15, 0.2) is 11.6 Å². The highest BCUT2D eigenvalue weighted by Gasteiger charge is 2.79. The number of amides is 2. The van der Waals surface area contributed by atoms with Crippen LogP contribution in [0.25, 0.3) is 0 Å². The molecular weight excluding hydrogens is 374 g/mol. The molecule has 0 aromatic rings. The molecule has 1 N–H and O–H groups in total. The molecule has 2 heterocycles. The van der Waals surface area contributed by atoms with Gasteiger partial charge in [0.25, 0.3) is 0 Å². The van der Waals surface area contributed by atoms with Gasteiger partial charge in [0.15, 0.2) is 0 Å². The van der Waals surface area contributed by atoms with E-state index in [-0.39, 0.29) is 11.7 Å². The van der Waals surface area contributed by atoms with Crippen molar-refractivity contribution in [1.29, 1.82) is 0 Å². The van der Waals surface area contributed by atoms with Gasteiger partial charge in [0.05, 0.1) is 18.1 Å². The summed E-state index contributed by atoms with van der Waals surface area (Å²) in [6.07, 6.45) is 2.48. The largest absolute Gasteiger partial charge is 0.443 e. The first-order valence-electron chi connectivity index (χ1n) is 9.24. The summed E-state index contributed by atoms with van der Waals surface area (Å²) in [5.74, 6) is 0. The monoisotopic (exact) mass is 401 g/mol. The summed E-state index contributed by atoms with van der Waals surface area (Å²) < 4.78 is 23.4. The van der Waals surface area contributed by atoms with Crippen molar-refractivity contribution < 1.29 is 28.5 Å². The van der Waals surface area contributed by atoms with Crippen molar-refractivity contribution >= 4 is 23.1 Å². The summed E-state index contributed by atoms with van der Waals surface area (Å²) in [5, 5.41) is 0.956. The highest BCUT2D eigenvalue weighted by molar-refractivity contribution is 6.64. The number of carbonyl (C=O) groups is 2. The van der Waals surface area contributed by atoms with Crippen LogP contribution in [0.4, 0.5) is 9.59 Å². The molecule has 6 atom stereocenters. The van der Waals surface area contributed by atoms with E-state index in [0.717, 1.165) is 12.8 Å². The molecule has 1 spiro atoms. The van der Waals surface area contributed by atoms with Crippen LogP contribution < -0.4 is 5.32 Å². The van der Waals surface area contributed by atoms with Crippen molar-refractivity contribution in [1.82, 2.24) is 5.32 Å². The first-order chi connectivity index (χ1) is 12.6. The van der Waals surface area contributed by atoms with Crippen molar-refractivity contribution in [3.05, 3.63) is 11.6 Å². The Morgan fingerprint density at radius 2 is 2.00 bits per heavy atom. The zero-order valence-corrected chi connectivity index (χ0v) is 17.2. The Kier molecular flexibility index (Phi) is 5.36. The number of epoxide rings is 2. The average molecular weight is 402 g/mol. The number of halogens is 1. The first-order valence-corrected chi connectivity index (χ1v) is 9.62. The summed E-state index contributed by atoms with van der Waals surface area (Å²) in [4.78, 5) is 22.8. The van der Waals surface area contributed by atoms with Gasteiger partial charge in [-0.15, -0.1) is 0 Å². The molecule has 0 bridgehead atoms. The highest BCUT2D eigenvalue weighted by atomic mass is 35.5. The van der Waals surface area contributed by atoms with Crippen molar-refractivity contribution in [2.75, 3.05) is 13.7 Å². The molecule has 3 fully saturated rings. The second-order valence-electron chi connectivity index (χ2n) is 8.25. The Morgan fingerprint density at radius 3 is 2.52 bits per heavy atom. The smallest absolute Gasteiger partial charge is 0.415 e. The van der Waals surface area contributed by atoms with Gasteiger partial charge in [0, 0.05) is 7.11 Å². The molecular formula is C19H28ClNO6. The second kappa shape index (κ2) is 7.03. The number of rotatable bonds is 5. The number of nitrogens with one attached hydrogen (secondary N) is 1. The molecule has 0 radical (unpaired) electrons. The maximum absolute atomic E-state index is 11.9. The van der Waals surface area contributed by atoms with Gasteiger partial charge in [-0.1, -0.05) is 18.6 Å². The predicted molar refractivity (Wildman–Crippen MR) is 98.8 cm³/mol. The Hall–Kier alpha value is -1.15. The number of ether oxygens (including phenoxy) is 4. The van der Waals surface area contributed by atoms with Gasteiger partial charge in [0.2, 0.25) is 0 Å². The zero-order chi connectivity index (χ0) is 20.0. The molecule has 1 saturated carbocycles. The van der Waals surface area contributed by atoms with Gasteiger partial charge in [-0.3, -0.25) is 4.79 Å². The van der Waals surface area contributed by atoms with Crippen molar-refractivity contribution in [3.8, 4) is 0 Å². The molecule has 2 aliphatic heterocycles. The molecule has 1 aliphatic carbocycles. The maximum Gasteiger partial charge on any atom is 0.415 e. The first kappa shape index (κ1) is 20.6. The van der Waals surface area contributed by atoms with Crippen molar-refractivity contribution in [2.24, 2.45) is 5.41 Å². The van der Waals surface area contributed by atoms with Crippen LogP contribution >= 0.6 is 11.6 Å². The summed E-state index contributed by atoms with van der Waals surface area (Å²) >= 11 is 5.21. The van der Waals surface area contributed by atoms with E-state index in [1.807, 2.05) is 5.32 Å². The van der Waals surface area contributed by atoms with E-state index < -0.39 is 34.7 Å². The van der Waals surface area contributed by atoms with E-state index in [9.17, 15) is 9.59 Å². The SMILES string of the molecule is CO[C@@H]1[C@H](OC(=O)NC(=O)Cl)CCC2(CO2)[C@@]1(C)[C@@]1(C)O[C@@H]1CC=C(C)C. The van der Waals surface area contributed by atoms with Crippen LogP contribution in [0.3, 0.4) is 0 Å². The highest BCUT2D eigenvalue weighted by Crippen LogP contribution is 2.67. The van der Waals surface area contributed by atoms with Crippen molar-refractivity contribution in [2.45, 2.75) is 76.5 Å². The lowest BCUT2D eigenvalue weighted by molar-refractivity contribution is -0.168. The van der Waals surface area contributed by atoms with E-state index >= 15 is 0 Å². The van der Waals surface area contributed by atoms with Crippen LogP contribution in [-0.2, 0) is 18.9 Å². The molecule has 2 saturated heterocycles. The van der Waals surface area contributed by atoms with E-state index in [0.29, 0.717) is 13.0 Å². The number of carbonyl (C=O) groups excluding carboxylic acids is 2. The quantitative estimate of drug-likeness (QED) is 0.328. The van der Waals surface area contributed by atoms with E-state index in [2.05, 4.69) is 33.8 Å². The molecule has 0 aromatic heterocycles. The number of methoxy groups -OCH3 is 1. The Balaban J connectivity index is 1.83. The van der Waals surface area contributed by atoms with Gasteiger partial charge in [-0.25, -0.2) is 10.1 Å². The lowest BCUT2D eigenvalue weighted by Crippen LogP contribution is -2.63. The van der Waals surface area contributed by atoms with E-state index in [4.69, 9.17) is 30.5 Å². The third kappa shape index (κ3) is 3.39. The van der Waals surface area contributed by atoms with Crippen LogP contribution in [-0.4, -0.2) is 54.7 Å². The lowest BCUT2D eigenvalue weighted by atomic mass is 9.57. The van der Waals surface area contributed by atoms with Crippen LogP contribution in [0.2, 0.25) is 0 Å².